The normalized spacial score (nSPS) is 16.8. The van der Waals surface area contributed by atoms with Gasteiger partial charge in [0.2, 0.25) is 0 Å². The van der Waals surface area contributed by atoms with Crippen molar-refractivity contribution < 1.29 is 9.47 Å². The maximum atomic E-state index is 5.93. The van der Waals surface area contributed by atoms with Gasteiger partial charge in [-0.2, -0.15) is 5.10 Å². The van der Waals surface area contributed by atoms with Gasteiger partial charge in [0, 0.05) is 18.5 Å². The van der Waals surface area contributed by atoms with Crippen molar-refractivity contribution in [3.8, 4) is 11.5 Å². The molecule has 5 heteroatoms. The Morgan fingerprint density at radius 3 is 3.00 bits per heavy atom. The molecule has 112 valence electrons. The Morgan fingerprint density at radius 1 is 1.14 bits per heavy atom. The van der Waals surface area contributed by atoms with E-state index in [1.54, 1.807) is 0 Å². The molecule has 0 spiro atoms. The van der Waals surface area contributed by atoms with E-state index in [9.17, 15) is 0 Å². The number of para-hydroxylation sites is 3. The van der Waals surface area contributed by atoms with Gasteiger partial charge in [-0.05, 0) is 17.7 Å². The Morgan fingerprint density at radius 2 is 2.05 bits per heavy atom. The molecule has 0 unspecified atom stereocenters. The molecule has 0 saturated carbocycles. The van der Waals surface area contributed by atoms with E-state index in [1.165, 1.54) is 5.56 Å². The van der Waals surface area contributed by atoms with Gasteiger partial charge < -0.3 is 14.8 Å². The minimum Gasteiger partial charge on any atom is -0.486 e. The molecule has 0 aliphatic carbocycles. The van der Waals surface area contributed by atoms with Crippen molar-refractivity contribution in [2.24, 2.45) is 0 Å². The predicted octanol–water partition coefficient (Wildman–Crippen LogP) is 2.49. The number of nitrogens with one attached hydrogen (secondary N) is 2. The molecule has 2 N–H and O–H groups in total. The highest BCUT2D eigenvalue weighted by atomic mass is 16.6. The molecule has 2 heterocycles. The number of benzene rings is 2. The highest BCUT2D eigenvalue weighted by Crippen LogP contribution is 2.30. The van der Waals surface area contributed by atoms with E-state index in [1.807, 2.05) is 36.5 Å². The summed E-state index contributed by atoms with van der Waals surface area (Å²) in [6.07, 6.45) is 1.87. The van der Waals surface area contributed by atoms with Crippen molar-refractivity contribution in [2.75, 3.05) is 13.2 Å². The number of ether oxygens (including phenoxy) is 2. The molecule has 0 saturated heterocycles. The summed E-state index contributed by atoms with van der Waals surface area (Å²) in [6, 6.07) is 14.0. The number of aromatic amines is 1. The molecule has 1 aromatic heterocycles. The molecule has 1 aliphatic rings. The van der Waals surface area contributed by atoms with Crippen LogP contribution in [-0.4, -0.2) is 29.5 Å². The number of aromatic nitrogens is 2. The van der Waals surface area contributed by atoms with E-state index in [0.29, 0.717) is 6.61 Å². The van der Waals surface area contributed by atoms with E-state index >= 15 is 0 Å². The first-order valence-corrected chi connectivity index (χ1v) is 7.40. The zero-order valence-electron chi connectivity index (χ0n) is 12.1. The molecular weight excluding hydrogens is 278 g/mol. The smallest absolute Gasteiger partial charge is 0.161 e. The van der Waals surface area contributed by atoms with Gasteiger partial charge in [-0.25, -0.2) is 0 Å². The quantitative estimate of drug-likeness (QED) is 0.776. The molecule has 5 nitrogen and oxygen atoms in total. The first-order chi connectivity index (χ1) is 10.9. The molecule has 0 amide bonds. The van der Waals surface area contributed by atoms with Gasteiger partial charge in [-0.1, -0.05) is 30.3 Å². The van der Waals surface area contributed by atoms with Gasteiger partial charge in [0.25, 0.3) is 0 Å². The summed E-state index contributed by atoms with van der Waals surface area (Å²) in [5, 5.41) is 11.7. The Bertz CT molecular complexity index is 784. The van der Waals surface area contributed by atoms with Crippen LogP contribution in [0.5, 0.6) is 11.5 Å². The molecular formula is C17H17N3O2. The first kappa shape index (κ1) is 13.2. The van der Waals surface area contributed by atoms with Crippen molar-refractivity contribution in [1.29, 1.82) is 0 Å². The summed E-state index contributed by atoms with van der Waals surface area (Å²) in [4.78, 5) is 0. The molecule has 3 aromatic rings. The molecule has 1 aliphatic heterocycles. The van der Waals surface area contributed by atoms with E-state index in [0.717, 1.165) is 35.5 Å². The minimum atomic E-state index is 0.0240. The largest absolute Gasteiger partial charge is 0.486 e. The second-order valence-corrected chi connectivity index (χ2v) is 5.38. The zero-order chi connectivity index (χ0) is 14.8. The van der Waals surface area contributed by atoms with Gasteiger partial charge in [-0.15, -0.1) is 0 Å². The number of hydrogen-bond acceptors (Lipinski definition) is 4. The van der Waals surface area contributed by atoms with Crippen LogP contribution in [0.25, 0.3) is 10.9 Å². The first-order valence-electron chi connectivity index (χ1n) is 7.40. The number of H-pyrrole nitrogens is 1. The second kappa shape index (κ2) is 5.69. The van der Waals surface area contributed by atoms with Crippen LogP contribution in [0.3, 0.4) is 0 Å². The van der Waals surface area contributed by atoms with Gasteiger partial charge in [-0.3, -0.25) is 5.10 Å². The standard InChI is InChI=1S/C17H17N3O2/c1-2-7-16-15(6-1)21-11-14(22-16)10-18-8-12-4-3-5-13-9-19-20-17(12)13/h1-7,9,14,18H,8,10-11H2,(H,19,20)/t14-/m1/s1. The molecule has 2 aromatic carbocycles. The third kappa shape index (κ3) is 2.51. The van der Waals surface area contributed by atoms with Crippen molar-refractivity contribution in [1.82, 2.24) is 15.5 Å². The van der Waals surface area contributed by atoms with Gasteiger partial charge in [0.15, 0.2) is 11.5 Å². The van der Waals surface area contributed by atoms with Crippen molar-refractivity contribution in [3.63, 3.8) is 0 Å². The molecule has 22 heavy (non-hydrogen) atoms. The van der Waals surface area contributed by atoms with E-state index in [-0.39, 0.29) is 6.10 Å². The summed E-state index contributed by atoms with van der Waals surface area (Å²) in [5.74, 6) is 1.64. The fourth-order valence-corrected chi connectivity index (χ4v) is 2.71. The summed E-state index contributed by atoms with van der Waals surface area (Å²) in [5.41, 5.74) is 2.29. The molecule has 0 fully saturated rings. The van der Waals surface area contributed by atoms with E-state index < -0.39 is 0 Å². The van der Waals surface area contributed by atoms with Crippen LogP contribution in [0.4, 0.5) is 0 Å². The lowest BCUT2D eigenvalue weighted by Gasteiger charge is -2.26. The maximum Gasteiger partial charge on any atom is 0.161 e. The highest BCUT2D eigenvalue weighted by molar-refractivity contribution is 5.81. The van der Waals surface area contributed by atoms with Crippen molar-refractivity contribution >= 4 is 10.9 Å². The third-order valence-electron chi connectivity index (χ3n) is 3.82. The highest BCUT2D eigenvalue weighted by Gasteiger charge is 2.20. The summed E-state index contributed by atoms with van der Waals surface area (Å²) < 4.78 is 11.7. The van der Waals surface area contributed by atoms with Gasteiger partial charge in [0.05, 0.1) is 11.7 Å². The molecule has 1 atom stereocenters. The summed E-state index contributed by atoms with van der Waals surface area (Å²) in [7, 11) is 0. The Kier molecular flexibility index (Phi) is 3.40. The lowest BCUT2D eigenvalue weighted by atomic mass is 10.1. The third-order valence-corrected chi connectivity index (χ3v) is 3.82. The Hall–Kier alpha value is -2.53. The number of nitrogens with zero attached hydrogens (tertiary/aromatic N) is 1. The van der Waals surface area contributed by atoms with E-state index in [2.05, 4.69) is 27.6 Å². The average molecular weight is 295 g/mol. The molecule has 4 rings (SSSR count). The van der Waals surface area contributed by atoms with Crippen molar-refractivity contribution in [3.05, 3.63) is 54.2 Å². The fourth-order valence-electron chi connectivity index (χ4n) is 2.71. The van der Waals surface area contributed by atoms with Gasteiger partial charge >= 0.3 is 0 Å². The fraction of sp³-hybridized carbons (Fsp3) is 0.235. The topological polar surface area (TPSA) is 59.2 Å². The lowest BCUT2D eigenvalue weighted by molar-refractivity contribution is 0.0902. The lowest BCUT2D eigenvalue weighted by Crippen LogP contribution is -2.38. The van der Waals surface area contributed by atoms with Crippen LogP contribution < -0.4 is 14.8 Å². The predicted molar refractivity (Wildman–Crippen MR) is 84.2 cm³/mol. The maximum absolute atomic E-state index is 5.93. The Labute approximate surface area is 128 Å². The minimum absolute atomic E-state index is 0.0240. The van der Waals surface area contributed by atoms with Crippen LogP contribution >= 0.6 is 0 Å². The number of rotatable bonds is 4. The van der Waals surface area contributed by atoms with Crippen LogP contribution in [0.2, 0.25) is 0 Å². The zero-order valence-corrected chi connectivity index (χ0v) is 12.1. The second-order valence-electron chi connectivity index (χ2n) is 5.38. The number of hydrogen-bond donors (Lipinski definition) is 2. The summed E-state index contributed by atoms with van der Waals surface area (Å²) >= 11 is 0. The molecule has 0 bridgehead atoms. The number of fused-ring (bicyclic) bond motifs is 2. The molecule has 0 radical (unpaired) electrons. The van der Waals surface area contributed by atoms with E-state index in [4.69, 9.17) is 9.47 Å². The Balaban J connectivity index is 1.37. The SMILES string of the molecule is c1ccc2c(c1)OC[C@@H](CNCc1cccc3cn[nH]c13)O2. The van der Waals surface area contributed by atoms with Crippen LogP contribution in [-0.2, 0) is 6.54 Å². The van der Waals surface area contributed by atoms with Gasteiger partial charge in [0.1, 0.15) is 12.7 Å². The average Bonchev–Trinajstić information content (AvgIpc) is 3.04. The van der Waals surface area contributed by atoms with Crippen molar-refractivity contribution in [2.45, 2.75) is 12.6 Å². The van der Waals surface area contributed by atoms with Crippen LogP contribution in [0.15, 0.2) is 48.7 Å². The van der Waals surface area contributed by atoms with Crippen LogP contribution in [0, 0.1) is 0 Å². The summed E-state index contributed by atoms with van der Waals surface area (Å²) in [6.45, 7) is 2.07. The monoisotopic (exact) mass is 295 g/mol. The van der Waals surface area contributed by atoms with Crippen LogP contribution in [0.1, 0.15) is 5.56 Å².